The molecule has 0 saturated carbocycles. The molecule has 0 bridgehead atoms. The van der Waals surface area contributed by atoms with Crippen LogP contribution in [0.3, 0.4) is 0 Å². The van der Waals surface area contributed by atoms with Gasteiger partial charge in [-0.1, -0.05) is 28.1 Å². The number of hydrazine groups is 1. The molecule has 2 rings (SSSR count). The molecule has 2 aromatic carbocycles. The second kappa shape index (κ2) is 7.02. The molecule has 1 atom stereocenters. The number of aryl methyl sites for hydroxylation is 1. The summed E-state index contributed by atoms with van der Waals surface area (Å²) in [6, 6.07) is 10.5. The summed E-state index contributed by atoms with van der Waals surface area (Å²) in [6.07, 6.45) is 0.550. The summed E-state index contributed by atoms with van der Waals surface area (Å²) in [6.45, 7) is 1.86. The smallest absolute Gasteiger partial charge is 0.128 e. The summed E-state index contributed by atoms with van der Waals surface area (Å²) in [5, 5.41) is 0. The Morgan fingerprint density at radius 1 is 1.29 bits per heavy atom. The number of hydrogen-bond donors (Lipinski definition) is 2. The normalized spacial score (nSPS) is 12.2. The van der Waals surface area contributed by atoms with Crippen molar-refractivity contribution in [1.82, 2.24) is 5.43 Å². The second-order valence-corrected chi connectivity index (χ2v) is 5.76. The molecule has 0 aliphatic heterocycles. The van der Waals surface area contributed by atoms with E-state index in [9.17, 15) is 4.39 Å². The van der Waals surface area contributed by atoms with Gasteiger partial charge in [-0.3, -0.25) is 11.3 Å². The first-order chi connectivity index (χ1) is 10.0. The van der Waals surface area contributed by atoms with Crippen LogP contribution in [-0.4, -0.2) is 7.11 Å². The maximum Gasteiger partial charge on any atom is 0.128 e. The average Bonchev–Trinajstić information content (AvgIpc) is 2.47. The van der Waals surface area contributed by atoms with Crippen molar-refractivity contribution in [3.05, 3.63) is 63.4 Å². The van der Waals surface area contributed by atoms with Crippen LogP contribution in [0.2, 0.25) is 0 Å². The van der Waals surface area contributed by atoms with E-state index in [1.807, 2.05) is 31.2 Å². The van der Waals surface area contributed by atoms with Gasteiger partial charge in [-0.05, 0) is 48.7 Å². The number of nitrogens with two attached hydrogens (primary N) is 1. The minimum absolute atomic E-state index is 0.253. The van der Waals surface area contributed by atoms with Crippen LogP contribution in [0.4, 0.5) is 4.39 Å². The predicted octanol–water partition coefficient (Wildman–Crippen LogP) is 3.65. The molecule has 21 heavy (non-hydrogen) atoms. The highest BCUT2D eigenvalue weighted by Gasteiger charge is 2.17. The van der Waals surface area contributed by atoms with Crippen LogP contribution in [0, 0.1) is 12.7 Å². The van der Waals surface area contributed by atoms with Crippen molar-refractivity contribution >= 4 is 15.9 Å². The Labute approximate surface area is 132 Å². The average molecular weight is 353 g/mol. The van der Waals surface area contributed by atoms with E-state index in [1.165, 1.54) is 6.07 Å². The van der Waals surface area contributed by atoms with Crippen molar-refractivity contribution in [3.8, 4) is 5.75 Å². The zero-order chi connectivity index (χ0) is 15.4. The number of hydrogen-bond acceptors (Lipinski definition) is 3. The predicted molar refractivity (Wildman–Crippen MR) is 85.6 cm³/mol. The van der Waals surface area contributed by atoms with Crippen LogP contribution >= 0.6 is 15.9 Å². The number of ether oxygens (including phenoxy) is 1. The Kier molecular flexibility index (Phi) is 5.33. The van der Waals surface area contributed by atoms with Gasteiger partial charge in [0.15, 0.2) is 0 Å². The highest BCUT2D eigenvalue weighted by molar-refractivity contribution is 9.10. The van der Waals surface area contributed by atoms with E-state index in [2.05, 4.69) is 21.4 Å². The van der Waals surface area contributed by atoms with Gasteiger partial charge in [0.05, 0.1) is 13.2 Å². The van der Waals surface area contributed by atoms with Crippen molar-refractivity contribution in [3.63, 3.8) is 0 Å². The fourth-order valence-electron chi connectivity index (χ4n) is 2.23. The van der Waals surface area contributed by atoms with Crippen molar-refractivity contribution < 1.29 is 9.13 Å². The van der Waals surface area contributed by atoms with Crippen LogP contribution in [-0.2, 0) is 6.42 Å². The fourth-order valence-corrected chi connectivity index (χ4v) is 2.64. The minimum atomic E-state index is -0.311. The number of rotatable bonds is 5. The zero-order valence-electron chi connectivity index (χ0n) is 12.0. The van der Waals surface area contributed by atoms with Crippen molar-refractivity contribution in [2.24, 2.45) is 5.84 Å². The SMILES string of the molecule is COc1ccc(Br)c(CC(NN)c2ccc(C)cc2F)c1. The van der Waals surface area contributed by atoms with Gasteiger partial charge in [0.2, 0.25) is 0 Å². The van der Waals surface area contributed by atoms with Gasteiger partial charge < -0.3 is 4.74 Å². The molecule has 0 radical (unpaired) electrons. The molecule has 3 nitrogen and oxygen atoms in total. The summed E-state index contributed by atoms with van der Waals surface area (Å²) in [5.74, 6) is 6.12. The highest BCUT2D eigenvalue weighted by atomic mass is 79.9. The van der Waals surface area contributed by atoms with E-state index < -0.39 is 0 Å². The van der Waals surface area contributed by atoms with Gasteiger partial charge in [0, 0.05) is 10.0 Å². The topological polar surface area (TPSA) is 47.3 Å². The van der Waals surface area contributed by atoms with Crippen molar-refractivity contribution in [2.45, 2.75) is 19.4 Å². The molecule has 0 aliphatic carbocycles. The first kappa shape index (κ1) is 15.9. The van der Waals surface area contributed by atoms with Crippen molar-refractivity contribution in [1.29, 1.82) is 0 Å². The quantitative estimate of drug-likeness (QED) is 0.637. The van der Waals surface area contributed by atoms with Crippen LogP contribution in [0.15, 0.2) is 40.9 Å². The summed E-state index contributed by atoms with van der Waals surface area (Å²) in [7, 11) is 1.62. The molecule has 1 unspecified atom stereocenters. The van der Waals surface area contributed by atoms with E-state index in [-0.39, 0.29) is 11.9 Å². The molecular formula is C16H18BrFN2O. The van der Waals surface area contributed by atoms with Gasteiger partial charge >= 0.3 is 0 Å². The number of halogens is 2. The van der Waals surface area contributed by atoms with Gasteiger partial charge in [0.1, 0.15) is 11.6 Å². The lowest BCUT2D eigenvalue weighted by Gasteiger charge is -2.18. The van der Waals surface area contributed by atoms with E-state index in [1.54, 1.807) is 13.2 Å². The molecule has 0 heterocycles. The lowest BCUT2D eigenvalue weighted by molar-refractivity contribution is 0.413. The Morgan fingerprint density at radius 3 is 2.67 bits per heavy atom. The molecule has 0 aromatic heterocycles. The molecule has 0 saturated heterocycles. The highest BCUT2D eigenvalue weighted by Crippen LogP contribution is 2.28. The third-order valence-corrected chi connectivity index (χ3v) is 4.18. The fraction of sp³-hybridized carbons (Fsp3) is 0.250. The molecule has 2 aromatic rings. The number of nitrogens with one attached hydrogen (secondary N) is 1. The Hall–Kier alpha value is -1.43. The monoisotopic (exact) mass is 352 g/mol. The van der Waals surface area contributed by atoms with E-state index in [0.717, 1.165) is 21.3 Å². The molecule has 0 spiro atoms. The van der Waals surface area contributed by atoms with Gasteiger partial charge in [-0.25, -0.2) is 4.39 Å². The molecule has 3 N–H and O–H groups in total. The maximum atomic E-state index is 14.1. The summed E-state index contributed by atoms with van der Waals surface area (Å²) < 4.78 is 20.3. The van der Waals surface area contributed by atoms with E-state index in [0.29, 0.717) is 12.0 Å². The zero-order valence-corrected chi connectivity index (χ0v) is 13.6. The van der Waals surface area contributed by atoms with Crippen LogP contribution in [0.25, 0.3) is 0 Å². The van der Waals surface area contributed by atoms with Gasteiger partial charge in [0.25, 0.3) is 0 Å². The summed E-state index contributed by atoms with van der Waals surface area (Å²) in [5.41, 5.74) is 5.13. The van der Waals surface area contributed by atoms with Gasteiger partial charge in [-0.2, -0.15) is 0 Å². The standard InChI is InChI=1S/C16H18BrFN2O/c1-10-3-5-13(15(18)7-10)16(20-19)9-11-8-12(21-2)4-6-14(11)17/h3-8,16,20H,9,19H2,1-2H3. The Bertz CT molecular complexity index is 634. The first-order valence-electron chi connectivity index (χ1n) is 6.59. The van der Waals surface area contributed by atoms with Crippen LogP contribution in [0.5, 0.6) is 5.75 Å². The lowest BCUT2D eigenvalue weighted by Crippen LogP contribution is -2.30. The third-order valence-electron chi connectivity index (χ3n) is 3.41. The molecule has 0 amide bonds. The van der Waals surface area contributed by atoms with Crippen LogP contribution < -0.4 is 16.0 Å². The van der Waals surface area contributed by atoms with Crippen LogP contribution in [0.1, 0.15) is 22.7 Å². The minimum Gasteiger partial charge on any atom is -0.497 e. The molecule has 5 heteroatoms. The Balaban J connectivity index is 2.30. The lowest BCUT2D eigenvalue weighted by atomic mass is 9.98. The molecular weight excluding hydrogens is 335 g/mol. The van der Waals surface area contributed by atoms with Gasteiger partial charge in [-0.15, -0.1) is 0 Å². The third kappa shape index (κ3) is 3.81. The summed E-state index contributed by atoms with van der Waals surface area (Å²) >= 11 is 3.50. The number of methoxy groups -OCH3 is 1. The molecule has 0 aliphatic rings. The van der Waals surface area contributed by atoms with Crippen molar-refractivity contribution in [2.75, 3.05) is 7.11 Å². The maximum absolute atomic E-state index is 14.1. The second-order valence-electron chi connectivity index (χ2n) is 4.91. The summed E-state index contributed by atoms with van der Waals surface area (Å²) in [4.78, 5) is 0. The largest absolute Gasteiger partial charge is 0.497 e. The molecule has 112 valence electrons. The first-order valence-corrected chi connectivity index (χ1v) is 7.39. The number of benzene rings is 2. The van der Waals surface area contributed by atoms with E-state index >= 15 is 0 Å². The molecule has 0 fully saturated rings. The Morgan fingerprint density at radius 2 is 2.05 bits per heavy atom. The van der Waals surface area contributed by atoms with E-state index in [4.69, 9.17) is 10.6 Å².